The van der Waals surface area contributed by atoms with Crippen LogP contribution in [0.15, 0.2) is 18.2 Å². The molecule has 1 saturated heterocycles. The van der Waals surface area contributed by atoms with Gasteiger partial charge in [-0.15, -0.1) is 0 Å². The first-order valence-electron chi connectivity index (χ1n) is 7.40. The van der Waals surface area contributed by atoms with Crippen molar-refractivity contribution < 1.29 is 19.0 Å². The van der Waals surface area contributed by atoms with Crippen LogP contribution in [0.5, 0.6) is 5.75 Å². The molecule has 3 rings (SSSR count). The molecule has 0 aliphatic carbocycles. The lowest BCUT2D eigenvalue weighted by Gasteiger charge is -2.45. The molecule has 0 bridgehead atoms. The maximum atomic E-state index is 13.4. The minimum Gasteiger partial charge on any atom is -0.486 e. The van der Waals surface area contributed by atoms with Gasteiger partial charge in [0.1, 0.15) is 17.2 Å². The van der Waals surface area contributed by atoms with Gasteiger partial charge in [0.05, 0.1) is 18.8 Å². The third kappa shape index (κ3) is 2.54. The summed E-state index contributed by atoms with van der Waals surface area (Å²) in [6.07, 6.45) is 3.74. The number of aliphatic hydroxyl groups is 1. The number of hydrogen-bond acceptors (Lipinski definition) is 3. The van der Waals surface area contributed by atoms with Crippen molar-refractivity contribution >= 4 is 0 Å². The molecule has 4 heteroatoms. The molecule has 1 fully saturated rings. The fourth-order valence-electron chi connectivity index (χ4n) is 3.38. The van der Waals surface area contributed by atoms with E-state index in [0.717, 1.165) is 25.7 Å². The van der Waals surface area contributed by atoms with Crippen LogP contribution in [0.3, 0.4) is 0 Å². The topological polar surface area (TPSA) is 38.7 Å². The fraction of sp³-hybridized carbons (Fsp3) is 0.625. The molecule has 1 spiro atoms. The number of halogens is 1. The van der Waals surface area contributed by atoms with Gasteiger partial charge < -0.3 is 14.6 Å². The molecule has 2 aliphatic heterocycles. The summed E-state index contributed by atoms with van der Waals surface area (Å²) in [5, 5.41) is 10.3. The first kappa shape index (κ1) is 13.8. The van der Waals surface area contributed by atoms with Crippen molar-refractivity contribution in [2.24, 2.45) is 0 Å². The van der Waals surface area contributed by atoms with E-state index in [2.05, 4.69) is 6.92 Å². The molecule has 110 valence electrons. The average Bonchev–Trinajstić information content (AvgIpc) is 2.38. The Kier molecular flexibility index (Phi) is 3.69. The molecule has 0 saturated carbocycles. The average molecular weight is 280 g/mol. The largest absolute Gasteiger partial charge is 0.486 e. The van der Waals surface area contributed by atoms with Crippen molar-refractivity contribution in [3.05, 3.63) is 29.6 Å². The summed E-state index contributed by atoms with van der Waals surface area (Å²) in [7, 11) is 0. The second kappa shape index (κ2) is 5.34. The lowest BCUT2D eigenvalue weighted by Crippen LogP contribution is -2.48. The number of fused-ring (bicyclic) bond motifs is 1. The first-order valence-corrected chi connectivity index (χ1v) is 7.40. The van der Waals surface area contributed by atoms with Gasteiger partial charge in [0.2, 0.25) is 0 Å². The molecule has 2 heterocycles. The predicted molar refractivity (Wildman–Crippen MR) is 73.2 cm³/mol. The van der Waals surface area contributed by atoms with E-state index in [4.69, 9.17) is 9.47 Å². The number of rotatable bonds is 2. The highest BCUT2D eigenvalue weighted by atomic mass is 19.1. The summed E-state index contributed by atoms with van der Waals surface area (Å²) in [5.74, 6) is 0.158. The normalized spacial score (nSPS) is 32.8. The van der Waals surface area contributed by atoms with Gasteiger partial charge in [0, 0.05) is 30.9 Å². The van der Waals surface area contributed by atoms with Gasteiger partial charge in [0.25, 0.3) is 0 Å². The number of aliphatic hydroxyl groups excluding tert-OH is 1. The molecule has 0 aromatic heterocycles. The summed E-state index contributed by atoms with van der Waals surface area (Å²) >= 11 is 0. The van der Waals surface area contributed by atoms with E-state index in [1.165, 1.54) is 12.1 Å². The molecule has 0 radical (unpaired) electrons. The molecule has 2 unspecified atom stereocenters. The second-order valence-electron chi connectivity index (χ2n) is 5.92. The van der Waals surface area contributed by atoms with E-state index < -0.39 is 11.7 Å². The Bertz CT molecular complexity index is 489. The highest BCUT2D eigenvalue weighted by Crippen LogP contribution is 2.45. The minimum atomic E-state index is -0.584. The second-order valence-corrected chi connectivity index (χ2v) is 5.92. The van der Waals surface area contributed by atoms with Gasteiger partial charge in [-0.2, -0.15) is 0 Å². The fourth-order valence-corrected chi connectivity index (χ4v) is 3.38. The Morgan fingerprint density at radius 2 is 2.25 bits per heavy atom. The Labute approximate surface area is 118 Å². The summed E-state index contributed by atoms with van der Waals surface area (Å²) in [5.41, 5.74) is 0.286. The summed E-state index contributed by atoms with van der Waals surface area (Å²) in [6.45, 7) is 2.77. The number of ether oxygens (including phenoxy) is 2. The van der Waals surface area contributed by atoms with E-state index in [9.17, 15) is 9.50 Å². The van der Waals surface area contributed by atoms with Crippen LogP contribution in [0.2, 0.25) is 0 Å². The van der Waals surface area contributed by atoms with Crippen molar-refractivity contribution in [1.29, 1.82) is 0 Å². The highest BCUT2D eigenvalue weighted by Gasteiger charge is 2.44. The van der Waals surface area contributed by atoms with Gasteiger partial charge in [-0.3, -0.25) is 0 Å². The Balaban J connectivity index is 1.85. The van der Waals surface area contributed by atoms with Gasteiger partial charge in [-0.25, -0.2) is 4.39 Å². The quantitative estimate of drug-likeness (QED) is 0.902. The predicted octanol–water partition coefficient (Wildman–Crippen LogP) is 3.36. The Morgan fingerprint density at radius 1 is 1.40 bits per heavy atom. The molecule has 1 aromatic carbocycles. The van der Waals surface area contributed by atoms with E-state index in [-0.39, 0.29) is 11.9 Å². The maximum absolute atomic E-state index is 13.4. The Morgan fingerprint density at radius 3 is 3.05 bits per heavy atom. The van der Waals surface area contributed by atoms with E-state index >= 15 is 0 Å². The van der Waals surface area contributed by atoms with Crippen molar-refractivity contribution in [1.82, 2.24) is 0 Å². The number of benzene rings is 1. The first-order chi connectivity index (χ1) is 9.62. The third-order valence-electron chi connectivity index (χ3n) is 4.35. The van der Waals surface area contributed by atoms with Gasteiger partial charge in [0.15, 0.2) is 0 Å². The summed E-state index contributed by atoms with van der Waals surface area (Å²) in [4.78, 5) is 0. The molecular formula is C16H21FO3. The van der Waals surface area contributed by atoms with E-state index in [0.29, 0.717) is 24.3 Å². The Hall–Kier alpha value is -1.13. The zero-order chi connectivity index (χ0) is 14.2. The third-order valence-corrected chi connectivity index (χ3v) is 4.35. The van der Waals surface area contributed by atoms with Crippen molar-refractivity contribution in [3.8, 4) is 5.75 Å². The van der Waals surface area contributed by atoms with Gasteiger partial charge >= 0.3 is 0 Å². The van der Waals surface area contributed by atoms with Crippen LogP contribution >= 0.6 is 0 Å². The standard InChI is InChI=1S/C16H21FO3/c1-2-3-12-9-16(6-7-19-12)10-14(18)13-5-4-11(17)8-15(13)20-16/h4-5,8,12,14,18H,2-3,6-7,9-10H2,1H3/t12?,14-,16?/m1/s1. The molecule has 20 heavy (non-hydrogen) atoms. The van der Waals surface area contributed by atoms with Crippen molar-refractivity contribution in [2.45, 2.75) is 56.8 Å². The van der Waals surface area contributed by atoms with E-state index in [1.807, 2.05) is 0 Å². The SMILES string of the molecule is CCCC1CC2(CCO1)C[C@@H](O)c1ccc(F)cc1O2. The van der Waals surface area contributed by atoms with Crippen LogP contribution in [0.1, 0.15) is 50.7 Å². The molecule has 3 nitrogen and oxygen atoms in total. The molecular weight excluding hydrogens is 259 g/mol. The van der Waals surface area contributed by atoms with Crippen LogP contribution in [-0.2, 0) is 4.74 Å². The summed E-state index contributed by atoms with van der Waals surface area (Å²) in [6, 6.07) is 4.36. The van der Waals surface area contributed by atoms with Crippen LogP contribution in [0.4, 0.5) is 4.39 Å². The van der Waals surface area contributed by atoms with Crippen molar-refractivity contribution in [2.75, 3.05) is 6.61 Å². The zero-order valence-corrected chi connectivity index (χ0v) is 11.8. The smallest absolute Gasteiger partial charge is 0.128 e. The zero-order valence-electron chi connectivity index (χ0n) is 11.8. The highest BCUT2D eigenvalue weighted by molar-refractivity contribution is 5.38. The monoisotopic (exact) mass is 280 g/mol. The number of hydrogen-bond donors (Lipinski definition) is 1. The van der Waals surface area contributed by atoms with Crippen LogP contribution in [0, 0.1) is 5.82 Å². The van der Waals surface area contributed by atoms with Crippen LogP contribution in [0.25, 0.3) is 0 Å². The van der Waals surface area contributed by atoms with Gasteiger partial charge in [-0.05, 0) is 18.6 Å². The lowest BCUT2D eigenvalue weighted by molar-refractivity contribution is -0.118. The molecule has 2 aliphatic rings. The van der Waals surface area contributed by atoms with Gasteiger partial charge in [-0.1, -0.05) is 13.3 Å². The van der Waals surface area contributed by atoms with E-state index in [1.54, 1.807) is 6.07 Å². The summed E-state index contributed by atoms with van der Waals surface area (Å²) < 4.78 is 25.3. The van der Waals surface area contributed by atoms with Crippen LogP contribution in [-0.4, -0.2) is 23.4 Å². The molecule has 3 atom stereocenters. The molecule has 0 amide bonds. The molecule has 1 aromatic rings. The van der Waals surface area contributed by atoms with Crippen LogP contribution < -0.4 is 4.74 Å². The maximum Gasteiger partial charge on any atom is 0.128 e. The van der Waals surface area contributed by atoms with Crippen molar-refractivity contribution in [3.63, 3.8) is 0 Å². The molecule has 1 N–H and O–H groups in total. The lowest BCUT2D eigenvalue weighted by atomic mass is 9.80. The minimum absolute atomic E-state index is 0.177.